The first-order valence-electron chi connectivity index (χ1n) is 8.29. The maximum atomic E-state index is 12.9. The number of methoxy groups -OCH3 is 1. The van der Waals surface area contributed by atoms with E-state index in [1.54, 1.807) is 12.0 Å². The van der Waals surface area contributed by atoms with Gasteiger partial charge < -0.3 is 14.1 Å². The van der Waals surface area contributed by atoms with Crippen LogP contribution in [0, 0.1) is 10.1 Å². The van der Waals surface area contributed by atoms with Crippen molar-refractivity contribution in [2.24, 2.45) is 0 Å². The third-order valence-corrected chi connectivity index (χ3v) is 4.50. The van der Waals surface area contributed by atoms with Crippen LogP contribution in [-0.4, -0.2) is 29.4 Å². The molecule has 2 aromatic rings. The van der Waals surface area contributed by atoms with E-state index >= 15 is 0 Å². The zero-order valence-electron chi connectivity index (χ0n) is 14.0. The molecule has 0 N–H and O–H groups in total. The topological polar surface area (TPSA) is 85.8 Å². The molecule has 7 nitrogen and oxygen atoms in total. The summed E-state index contributed by atoms with van der Waals surface area (Å²) >= 11 is 0. The van der Waals surface area contributed by atoms with Crippen molar-refractivity contribution in [3.63, 3.8) is 0 Å². The van der Waals surface area contributed by atoms with Crippen molar-refractivity contribution < 1.29 is 18.9 Å². The molecule has 1 saturated heterocycles. The van der Waals surface area contributed by atoms with Crippen LogP contribution in [0.25, 0.3) is 0 Å². The van der Waals surface area contributed by atoms with Crippen LogP contribution in [0.2, 0.25) is 0 Å². The third-order valence-electron chi connectivity index (χ3n) is 4.50. The molecule has 25 heavy (non-hydrogen) atoms. The minimum absolute atomic E-state index is 0.00658. The summed E-state index contributed by atoms with van der Waals surface area (Å²) < 4.78 is 10.3. The molecule has 0 bridgehead atoms. The van der Waals surface area contributed by atoms with Crippen LogP contribution in [0.4, 0.5) is 5.88 Å². The molecule has 0 radical (unpaired) electrons. The van der Waals surface area contributed by atoms with E-state index in [9.17, 15) is 14.9 Å². The number of benzene rings is 1. The van der Waals surface area contributed by atoms with Gasteiger partial charge in [-0.05, 0) is 36.6 Å². The van der Waals surface area contributed by atoms with Gasteiger partial charge in [0.1, 0.15) is 10.7 Å². The Morgan fingerprint density at radius 2 is 1.96 bits per heavy atom. The van der Waals surface area contributed by atoms with E-state index in [0.717, 1.165) is 37.0 Å². The highest BCUT2D eigenvalue weighted by Crippen LogP contribution is 2.33. The second-order valence-electron chi connectivity index (χ2n) is 6.03. The van der Waals surface area contributed by atoms with Crippen molar-refractivity contribution in [2.75, 3.05) is 13.7 Å². The van der Waals surface area contributed by atoms with Gasteiger partial charge >= 0.3 is 5.88 Å². The second-order valence-corrected chi connectivity index (χ2v) is 6.03. The molecule has 0 unspecified atom stereocenters. The summed E-state index contributed by atoms with van der Waals surface area (Å²) in [5.74, 6) is 0.0407. The number of amides is 1. The predicted octanol–water partition coefficient (Wildman–Crippen LogP) is 3.95. The molecule has 1 aromatic heterocycles. The van der Waals surface area contributed by atoms with Gasteiger partial charge in [0.05, 0.1) is 19.2 Å². The van der Waals surface area contributed by atoms with Gasteiger partial charge in [0.25, 0.3) is 5.91 Å². The maximum Gasteiger partial charge on any atom is 0.433 e. The van der Waals surface area contributed by atoms with Crippen LogP contribution < -0.4 is 4.74 Å². The zero-order valence-corrected chi connectivity index (χ0v) is 14.0. The minimum Gasteiger partial charge on any atom is -0.497 e. The quantitative estimate of drug-likeness (QED) is 0.619. The molecule has 7 heteroatoms. The van der Waals surface area contributed by atoms with Gasteiger partial charge in [-0.3, -0.25) is 14.9 Å². The summed E-state index contributed by atoms with van der Waals surface area (Å²) in [6.45, 7) is 0.601. The van der Waals surface area contributed by atoms with Crippen LogP contribution in [0.1, 0.15) is 47.8 Å². The second kappa shape index (κ2) is 7.38. The Hall–Kier alpha value is -2.83. The maximum absolute atomic E-state index is 12.9. The number of nitro groups is 1. The molecule has 1 amide bonds. The van der Waals surface area contributed by atoms with Crippen LogP contribution in [0.3, 0.4) is 0 Å². The third kappa shape index (κ3) is 3.65. The van der Waals surface area contributed by atoms with Gasteiger partial charge in [-0.2, -0.15) is 0 Å². The van der Waals surface area contributed by atoms with Gasteiger partial charge in [0, 0.05) is 6.54 Å². The van der Waals surface area contributed by atoms with E-state index < -0.39 is 10.8 Å². The summed E-state index contributed by atoms with van der Waals surface area (Å²) in [5, 5.41) is 10.8. The van der Waals surface area contributed by atoms with E-state index in [1.165, 1.54) is 12.1 Å². The van der Waals surface area contributed by atoms with Crippen molar-refractivity contribution in [3.05, 3.63) is 57.8 Å². The van der Waals surface area contributed by atoms with E-state index in [0.29, 0.717) is 6.54 Å². The lowest BCUT2D eigenvalue weighted by molar-refractivity contribution is -0.402. The number of likely N-dealkylation sites (tertiary alicyclic amines) is 1. The van der Waals surface area contributed by atoms with Crippen LogP contribution in [0.15, 0.2) is 40.8 Å². The van der Waals surface area contributed by atoms with Gasteiger partial charge in [-0.1, -0.05) is 25.0 Å². The average Bonchev–Trinajstić information content (AvgIpc) is 3.00. The summed E-state index contributed by atoms with van der Waals surface area (Å²) in [6, 6.07) is 10.2. The van der Waals surface area contributed by atoms with Gasteiger partial charge in [0.15, 0.2) is 5.76 Å². The Morgan fingerprint density at radius 1 is 1.20 bits per heavy atom. The number of hydrogen-bond acceptors (Lipinski definition) is 5. The molecule has 2 heterocycles. The lowest BCUT2D eigenvalue weighted by Gasteiger charge is -2.29. The normalized spacial score (nSPS) is 17.8. The van der Waals surface area contributed by atoms with E-state index in [4.69, 9.17) is 9.15 Å². The highest BCUT2D eigenvalue weighted by molar-refractivity contribution is 5.92. The molecule has 0 aliphatic carbocycles. The summed E-state index contributed by atoms with van der Waals surface area (Å²) in [4.78, 5) is 24.8. The van der Waals surface area contributed by atoms with Crippen LogP contribution in [-0.2, 0) is 0 Å². The molecule has 132 valence electrons. The largest absolute Gasteiger partial charge is 0.497 e. The molecule has 0 saturated carbocycles. The number of carbonyl (C=O) groups excluding carboxylic acids is 1. The first-order valence-corrected chi connectivity index (χ1v) is 8.29. The van der Waals surface area contributed by atoms with Crippen molar-refractivity contribution in [1.29, 1.82) is 0 Å². The van der Waals surface area contributed by atoms with Crippen molar-refractivity contribution >= 4 is 11.8 Å². The highest BCUT2D eigenvalue weighted by atomic mass is 16.6. The van der Waals surface area contributed by atoms with Crippen LogP contribution >= 0.6 is 0 Å². The van der Waals surface area contributed by atoms with Gasteiger partial charge in [0.2, 0.25) is 0 Å². The summed E-state index contributed by atoms with van der Waals surface area (Å²) in [5.41, 5.74) is 1.03. The van der Waals surface area contributed by atoms with E-state index in [1.807, 2.05) is 24.3 Å². The predicted molar refractivity (Wildman–Crippen MR) is 90.6 cm³/mol. The Morgan fingerprint density at radius 3 is 2.60 bits per heavy atom. The monoisotopic (exact) mass is 344 g/mol. The standard InChI is InChI=1S/C18H20N2O5/c1-24-14-8-6-13(7-9-14)15-5-3-2-4-12-19(15)18(21)16-10-11-17(25-16)20(22)23/h6-11,15H,2-5,12H2,1H3/t15-/m0/s1. The molecule has 1 atom stereocenters. The summed E-state index contributed by atoms with van der Waals surface area (Å²) in [7, 11) is 1.61. The van der Waals surface area contributed by atoms with Crippen molar-refractivity contribution in [2.45, 2.75) is 31.7 Å². The molecule has 1 aromatic carbocycles. The molecule has 3 rings (SSSR count). The molecule has 1 aliphatic heterocycles. The number of carbonyl (C=O) groups is 1. The molecular weight excluding hydrogens is 324 g/mol. The molecule has 1 fully saturated rings. The number of ether oxygens (including phenoxy) is 1. The molecule has 1 aliphatic rings. The zero-order chi connectivity index (χ0) is 17.8. The Balaban J connectivity index is 1.88. The van der Waals surface area contributed by atoms with Crippen LogP contribution in [0.5, 0.6) is 5.75 Å². The lowest BCUT2D eigenvalue weighted by atomic mass is 10.0. The van der Waals surface area contributed by atoms with E-state index in [-0.39, 0.29) is 17.7 Å². The average molecular weight is 344 g/mol. The Labute approximate surface area is 145 Å². The molecule has 0 spiro atoms. The molecular formula is C18H20N2O5. The number of rotatable bonds is 4. The first-order chi connectivity index (χ1) is 12.1. The summed E-state index contributed by atoms with van der Waals surface area (Å²) in [6.07, 6.45) is 3.83. The first kappa shape index (κ1) is 17.0. The number of nitrogens with zero attached hydrogens (tertiary/aromatic N) is 2. The number of furan rings is 1. The fraction of sp³-hybridized carbons (Fsp3) is 0.389. The van der Waals surface area contributed by atoms with E-state index in [2.05, 4.69) is 0 Å². The Bertz CT molecular complexity index is 753. The Kier molecular flexibility index (Phi) is 5.02. The SMILES string of the molecule is COc1ccc([C@@H]2CCCCCN2C(=O)c2ccc([N+](=O)[O-])o2)cc1. The highest BCUT2D eigenvalue weighted by Gasteiger charge is 2.30. The number of hydrogen-bond donors (Lipinski definition) is 0. The fourth-order valence-electron chi connectivity index (χ4n) is 3.21. The van der Waals surface area contributed by atoms with Gasteiger partial charge in [-0.15, -0.1) is 0 Å². The van der Waals surface area contributed by atoms with Crippen molar-refractivity contribution in [3.8, 4) is 5.75 Å². The van der Waals surface area contributed by atoms with Crippen molar-refractivity contribution in [1.82, 2.24) is 4.90 Å². The fourth-order valence-corrected chi connectivity index (χ4v) is 3.21. The smallest absolute Gasteiger partial charge is 0.433 e. The van der Waals surface area contributed by atoms with Gasteiger partial charge in [-0.25, -0.2) is 0 Å². The lowest BCUT2D eigenvalue weighted by Crippen LogP contribution is -2.34. The minimum atomic E-state index is -0.639.